The molecular weight excluding hydrogens is 968 g/mol. The molecule has 10 heterocycles. The van der Waals surface area contributed by atoms with Crippen LogP contribution in [0, 0.1) is 16.6 Å². The summed E-state index contributed by atoms with van der Waals surface area (Å²) in [5.74, 6) is -0.0773. The summed E-state index contributed by atoms with van der Waals surface area (Å²) < 4.78 is 13.5. The van der Waals surface area contributed by atoms with Crippen LogP contribution in [0.2, 0.25) is 0 Å². The second-order valence-corrected chi connectivity index (χ2v) is 24.3. The number of amides is 7. The van der Waals surface area contributed by atoms with Gasteiger partial charge in [0.2, 0.25) is 23.6 Å². The first kappa shape index (κ1) is 57.1. The van der Waals surface area contributed by atoms with E-state index in [9.17, 15) is 33.2 Å². The van der Waals surface area contributed by atoms with Crippen molar-refractivity contribution in [3.8, 4) is 0 Å². The molecular formula is C57H87FN12O6. The van der Waals surface area contributed by atoms with Crippen LogP contribution in [0.1, 0.15) is 82.6 Å². The monoisotopic (exact) mass is 1050 g/mol. The van der Waals surface area contributed by atoms with E-state index in [1.807, 2.05) is 44.2 Å². The van der Waals surface area contributed by atoms with E-state index in [4.69, 9.17) is 0 Å². The van der Waals surface area contributed by atoms with Crippen LogP contribution in [0.15, 0.2) is 48.5 Å². The minimum Gasteiger partial charge on any atom is -0.339 e. The third-order valence-corrected chi connectivity index (χ3v) is 18.9. The average Bonchev–Trinajstić information content (AvgIpc) is 4.15. The van der Waals surface area contributed by atoms with Gasteiger partial charge in [0.05, 0.1) is 17.5 Å². The summed E-state index contributed by atoms with van der Waals surface area (Å²) in [6, 6.07) is 14.7. The van der Waals surface area contributed by atoms with Crippen LogP contribution in [-0.2, 0) is 29.4 Å². The maximum absolute atomic E-state index is 13.5. The Bertz CT molecular complexity index is 2420. The van der Waals surface area contributed by atoms with Crippen molar-refractivity contribution in [3.05, 3.63) is 59.9 Å². The van der Waals surface area contributed by atoms with E-state index in [1.54, 1.807) is 24.1 Å². The summed E-state index contributed by atoms with van der Waals surface area (Å²) in [5, 5.41) is 5.20. The Hall–Kier alpha value is -5.05. The zero-order valence-corrected chi connectivity index (χ0v) is 47.1. The number of para-hydroxylation sites is 1. The standard InChI is InChI=1S/C15H21N3O.C14H17FN2O.C10H20N2.C9H15N3O2.C9H14N2O2/c1-16-10-8-15(9-11-16)14(19)17(2)12-18(15)13-6-4-3-5-7-13;1-16-7-5-14(6-8-16)11-9-10(15)3-4-12(11)17(2)13(14)18;1-11-6-3-10(4-7-11)5-8-12(2)9-10;1-11-5-3-9(4-6-11)7(13)12(2)8(14)10-9;1-11-4-2-9(3-5-11)6-7(12)10-8(9)13/h3-7H,8-12H2,1-2H3;3-4,9H,5-8H2,1-2H3;3-9H2,1-2H3;3-6H2,1-2H3,(H,10,14);2-6H2,1H3,(H,10,12,13). The van der Waals surface area contributed by atoms with E-state index >= 15 is 0 Å². The van der Waals surface area contributed by atoms with Crippen molar-refractivity contribution in [2.75, 3.05) is 158 Å². The average molecular weight is 1060 g/mol. The van der Waals surface area contributed by atoms with Crippen LogP contribution in [0.3, 0.4) is 0 Å². The molecule has 2 N–H and O–H groups in total. The van der Waals surface area contributed by atoms with Gasteiger partial charge in [-0.25, -0.2) is 9.18 Å². The summed E-state index contributed by atoms with van der Waals surface area (Å²) in [7, 11) is 18.0. The van der Waals surface area contributed by atoms with Gasteiger partial charge in [-0.1, -0.05) is 18.2 Å². The van der Waals surface area contributed by atoms with Crippen LogP contribution < -0.4 is 20.4 Å². The summed E-state index contributed by atoms with van der Waals surface area (Å²) in [4.78, 5) is 91.8. The zero-order chi connectivity index (χ0) is 54.8. The SMILES string of the molecule is CN1CCC2(CC1)C(=O)N(C)CN2c1ccccc1.CN1CCC2(CC1)C(=O)N(C)c1ccc(F)cc12.CN1CCC2(CC1)CC(=O)NC2=O.CN1CCC2(CC1)CCN(C)C2.CN1CCC2(CC1)NC(=O)N(C)C2=O. The van der Waals surface area contributed by atoms with Crippen molar-refractivity contribution in [2.24, 2.45) is 10.8 Å². The number of hydrogen-bond donors (Lipinski definition) is 2. The van der Waals surface area contributed by atoms with Crippen molar-refractivity contribution in [2.45, 2.75) is 93.5 Å². The predicted octanol–water partition coefficient (Wildman–Crippen LogP) is 3.56. The highest BCUT2D eigenvalue weighted by Crippen LogP contribution is 2.48. The third-order valence-electron chi connectivity index (χ3n) is 18.9. The number of halogens is 1. The lowest BCUT2D eigenvalue weighted by Crippen LogP contribution is -2.55. The Kier molecular flexibility index (Phi) is 17.4. The fraction of sp³-hybridized carbons (Fsp3) is 0.684. The van der Waals surface area contributed by atoms with Crippen molar-refractivity contribution in [3.63, 3.8) is 0 Å². The van der Waals surface area contributed by atoms with Crippen molar-refractivity contribution >= 4 is 46.9 Å². The van der Waals surface area contributed by atoms with Crippen molar-refractivity contribution in [1.82, 2.24) is 49.8 Å². The minimum absolute atomic E-state index is 0.0504. The molecule has 19 heteroatoms. The van der Waals surface area contributed by atoms with Crippen LogP contribution in [0.25, 0.3) is 0 Å². The molecule has 2 aromatic carbocycles. The Morgan fingerprint density at radius 1 is 0.513 bits per heavy atom. The van der Waals surface area contributed by atoms with E-state index in [-0.39, 0.29) is 52.3 Å². The number of likely N-dealkylation sites (N-methyl/N-ethyl adjacent to an activating group) is 3. The van der Waals surface area contributed by atoms with Gasteiger partial charge in [0.15, 0.2) is 0 Å². The highest BCUT2D eigenvalue weighted by molar-refractivity contribution is 6.08. The number of urea groups is 1. The number of nitrogens with zero attached hydrogens (tertiary/aromatic N) is 10. The first-order valence-electron chi connectivity index (χ1n) is 27.8. The van der Waals surface area contributed by atoms with Gasteiger partial charge >= 0.3 is 6.03 Å². The Morgan fingerprint density at radius 2 is 1.01 bits per heavy atom. The van der Waals surface area contributed by atoms with E-state index in [0.29, 0.717) is 18.5 Å². The minimum atomic E-state index is -0.599. The molecule has 7 amide bonds. The molecule has 0 unspecified atom stereocenters. The molecule has 0 saturated carbocycles. The van der Waals surface area contributed by atoms with Crippen LogP contribution >= 0.6 is 0 Å². The normalized spacial score (nSPS) is 26.0. The largest absolute Gasteiger partial charge is 0.339 e. The van der Waals surface area contributed by atoms with E-state index < -0.39 is 11.0 Å². The first-order valence-corrected chi connectivity index (χ1v) is 27.8. The number of nitrogens with one attached hydrogen (secondary N) is 2. The van der Waals surface area contributed by atoms with Crippen LogP contribution in [0.5, 0.6) is 0 Å². The second kappa shape index (κ2) is 23.1. The molecule has 10 aliphatic heterocycles. The smallest absolute Gasteiger partial charge is 0.324 e. The van der Waals surface area contributed by atoms with Gasteiger partial charge < -0.3 is 49.4 Å². The number of imide groups is 2. The van der Waals surface area contributed by atoms with Crippen molar-refractivity contribution in [1.29, 1.82) is 0 Å². The third kappa shape index (κ3) is 11.7. The maximum atomic E-state index is 13.5. The molecule has 9 saturated heterocycles. The molecule has 10 aliphatic rings. The number of carbonyl (C=O) groups is 6. The van der Waals surface area contributed by atoms with E-state index in [0.717, 1.165) is 121 Å². The lowest BCUT2D eigenvalue weighted by Gasteiger charge is -2.42. The number of carbonyl (C=O) groups excluding carboxylic acids is 6. The predicted molar refractivity (Wildman–Crippen MR) is 293 cm³/mol. The molecule has 0 aliphatic carbocycles. The van der Waals surface area contributed by atoms with Crippen LogP contribution in [0.4, 0.5) is 20.6 Å². The van der Waals surface area contributed by atoms with Gasteiger partial charge in [-0.3, -0.25) is 34.2 Å². The number of fused-ring (bicyclic) bond motifs is 2. The Morgan fingerprint density at radius 3 is 1.51 bits per heavy atom. The fourth-order valence-electron chi connectivity index (χ4n) is 13.4. The van der Waals surface area contributed by atoms with Gasteiger partial charge in [-0.15, -0.1) is 0 Å². The molecule has 0 bridgehead atoms. The zero-order valence-electron chi connectivity index (χ0n) is 47.1. The van der Waals surface area contributed by atoms with Gasteiger partial charge in [0.25, 0.3) is 5.91 Å². The summed E-state index contributed by atoms with van der Waals surface area (Å²) >= 11 is 0. The molecule has 0 atom stereocenters. The lowest BCUT2D eigenvalue weighted by atomic mass is 9.74. The molecule has 0 radical (unpaired) electrons. The molecule has 418 valence electrons. The maximum Gasteiger partial charge on any atom is 0.324 e. The highest BCUT2D eigenvalue weighted by Gasteiger charge is 2.54. The molecule has 18 nitrogen and oxygen atoms in total. The molecule has 0 aromatic heterocycles. The summed E-state index contributed by atoms with van der Waals surface area (Å²) in [6.07, 6.45) is 11.2. The number of likely N-dealkylation sites (tertiary alicyclic amines) is 6. The fourth-order valence-corrected chi connectivity index (χ4v) is 13.4. The van der Waals surface area contributed by atoms with E-state index in [2.05, 4.69) is 85.3 Å². The topological polar surface area (TPSA) is 159 Å². The quantitative estimate of drug-likeness (QED) is 0.316. The molecule has 2 aromatic rings. The second-order valence-electron chi connectivity index (χ2n) is 24.3. The van der Waals surface area contributed by atoms with Gasteiger partial charge in [-0.05, 0) is 200 Å². The molecule has 76 heavy (non-hydrogen) atoms. The van der Waals surface area contributed by atoms with Crippen LogP contribution in [-0.4, -0.2) is 234 Å². The summed E-state index contributed by atoms with van der Waals surface area (Å²) in [6.45, 7) is 13.3. The lowest BCUT2D eigenvalue weighted by molar-refractivity contribution is -0.132. The molecule has 5 spiro atoms. The number of piperidine rings is 5. The Balaban J connectivity index is 0.000000127. The number of benzene rings is 2. The van der Waals surface area contributed by atoms with Gasteiger partial charge in [-0.2, -0.15) is 0 Å². The van der Waals surface area contributed by atoms with Gasteiger partial charge in [0.1, 0.15) is 16.9 Å². The molecule has 9 fully saturated rings. The van der Waals surface area contributed by atoms with Crippen molar-refractivity contribution < 1.29 is 33.2 Å². The molecule has 12 rings (SSSR count). The van der Waals surface area contributed by atoms with E-state index in [1.165, 1.54) is 63.5 Å². The van der Waals surface area contributed by atoms with Gasteiger partial charge in [0, 0.05) is 71.7 Å². The number of rotatable bonds is 1. The summed E-state index contributed by atoms with van der Waals surface area (Å²) in [5.41, 5.74) is 1.85. The number of hydrogen-bond acceptors (Lipinski definition) is 13. The first-order chi connectivity index (χ1) is 36.1. The Labute approximate surface area is 451 Å². The highest BCUT2D eigenvalue weighted by atomic mass is 19.1. The number of anilines is 2.